The van der Waals surface area contributed by atoms with Gasteiger partial charge in [0.2, 0.25) is 0 Å². The average Bonchev–Trinajstić information content (AvgIpc) is 3.21. The largest absolute Gasteiger partial charge is 0.497 e. The zero-order valence-corrected chi connectivity index (χ0v) is 16.2. The molecule has 0 amide bonds. The van der Waals surface area contributed by atoms with E-state index in [4.69, 9.17) is 9.72 Å². The molecular weight excluding hydrogens is 342 g/mol. The van der Waals surface area contributed by atoms with E-state index in [0.717, 1.165) is 41.4 Å². The van der Waals surface area contributed by atoms with E-state index in [1.54, 1.807) is 18.4 Å². The SMILES string of the molecule is CCN(CC)Cc1sc2nc3ccccc3n2c1-c1ccc(OC)cc1. The van der Waals surface area contributed by atoms with Gasteiger partial charge in [-0.15, -0.1) is 0 Å². The third-order valence-electron chi connectivity index (χ3n) is 4.86. The molecule has 2 aromatic carbocycles. The number of aromatic nitrogens is 2. The number of imidazole rings is 1. The molecule has 0 N–H and O–H groups in total. The van der Waals surface area contributed by atoms with E-state index in [1.165, 1.54) is 16.1 Å². The van der Waals surface area contributed by atoms with Crippen molar-refractivity contribution < 1.29 is 4.74 Å². The van der Waals surface area contributed by atoms with Crippen LogP contribution in [0.5, 0.6) is 5.75 Å². The van der Waals surface area contributed by atoms with Gasteiger partial charge in [0.25, 0.3) is 0 Å². The fraction of sp³-hybridized carbons (Fsp3) is 0.286. The van der Waals surface area contributed by atoms with E-state index < -0.39 is 0 Å². The summed E-state index contributed by atoms with van der Waals surface area (Å²) in [6.45, 7) is 7.45. The molecule has 4 aromatic rings. The molecule has 0 bridgehead atoms. The van der Waals surface area contributed by atoms with Crippen molar-refractivity contribution in [1.29, 1.82) is 0 Å². The van der Waals surface area contributed by atoms with Crippen LogP contribution in [0.1, 0.15) is 18.7 Å². The van der Waals surface area contributed by atoms with Crippen molar-refractivity contribution >= 4 is 27.3 Å². The number of hydrogen-bond donors (Lipinski definition) is 0. The summed E-state index contributed by atoms with van der Waals surface area (Å²) in [6, 6.07) is 16.7. The van der Waals surface area contributed by atoms with Crippen molar-refractivity contribution in [3.8, 4) is 17.0 Å². The minimum Gasteiger partial charge on any atom is -0.497 e. The lowest BCUT2D eigenvalue weighted by atomic mass is 10.1. The maximum Gasteiger partial charge on any atom is 0.195 e. The first-order valence-corrected chi connectivity index (χ1v) is 9.82. The number of thiazole rings is 1. The van der Waals surface area contributed by atoms with E-state index in [9.17, 15) is 0 Å². The smallest absolute Gasteiger partial charge is 0.195 e. The fourth-order valence-corrected chi connectivity index (χ4v) is 4.57. The number of nitrogens with zero attached hydrogens (tertiary/aromatic N) is 3. The lowest BCUT2D eigenvalue weighted by Gasteiger charge is -2.18. The molecule has 0 spiro atoms. The Labute approximate surface area is 157 Å². The van der Waals surface area contributed by atoms with Crippen LogP contribution in [0.15, 0.2) is 48.5 Å². The molecule has 0 radical (unpaired) electrons. The van der Waals surface area contributed by atoms with Crippen LogP contribution in [0.25, 0.3) is 27.3 Å². The second-order valence-corrected chi connectivity index (χ2v) is 7.34. The van der Waals surface area contributed by atoms with Gasteiger partial charge in [-0.1, -0.05) is 37.3 Å². The van der Waals surface area contributed by atoms with E-state index >= 15 is 0 Å². The second kappa shape index (κ2) is 7.09. The Kier molecular flexibility index (Phi) is 4.66. The molecule has 4 nitrogen and oxygen atoms in total. The lowest BCUT2D eigenvalue weighted by molar-refractivity contribution is 0.298. The normalized spacial score (nSPS) is 11.7. The third-order valence-corrected chi connectivity index (χ3v) is 5.88. The molecule has 0 saturated carbocycles. The van der Waals surface area contributed by atoms with Crippen LogP contribution >= 0.6 is 11.3 Å². The third kappa shape index (κ3) is 2.87. The predicted octanol–water partition coefficient (Wildman–Crippen LogP) is 5.07. The summed E-state index contributed by atoms with van der Waals surface area (Å²) in [4.78, 5) is 9.71. The minimum atomic E-state index is 0.876. The summed E-state index contributed by atoms with van der Waals surface area (Å²) >= 11 is 1.79. The van der Waals surface area contributed by atoms with Gasteiger partial charge in [-0.25, -0.2) is 4.98 Å². The van der Waals surface area contributed by atoms with Crippen molar-refractivity contribution in [3.05, 3.63) is 53.4 Å². The maximum atomic E-state index is 5.33. The first-order chi connectivity index (χ1) is 12.7. The molecule has 4 rings (SSSR count). The summed E-state index contributed by atoms with van der Waals surface area (Å²) in [5.41, 5.74) is 4.65. The highest BCUT2D eigenvalue weighted by molar-refractivity contribution is 7.17. The van der Waals surface area contributed by atoms with E-state index in [2.05, 4.69) is 53.5 Å². The van der Waals surface area contributed by atoms with Gasteiger partial charge in [0, 0.05) is 17.0 Å². The molecule has 0 aliphatic carbocycles. The quantitative estimate of drug-likeness (QED) is 0.478. The van der Waals surface area contributed by atoms with Crippen LogP contribution < -0.4 is 4.74 Å². The van der Waals surface area contributed by atoms with Crippen molar-refractivity contribution in [2.24, 2.45) is 0 Å². The van der Waals surface area contributed by atoms with E-state index in [-0.39, 0.29) is 0 Å². The van der Waals surface area contributed by atoms with Gasteiger partial charge in [-0.3, -0.25) is 9.30 Å². The molecule has 0 aliphatic heterocycles. The number of fused-ring (bicyclic) bond motifs is 3. The topological polar surface area (TPSA) is 29.8 Å². The maximum absolute atomic E-state index is 5.33. The Morgan fingerprint density at radius 2 is 1.77 bits per heavy atom. The summed E-state index contributed by atoms with van der Waals surface area (Å²) < 4.78 is 7.64. The van der Waals surface area contributed by atoms with Gasteiger partial charge < -0.3 is 4.74 Å². The number of benzene rings is 2. The highest BCUT2D eigenvalue weighted by atomic mass is 32.1. The number of hydrogen-bond acceptors (Lipinski definition) is 4. The van der Waals surface area contributed by atoms with Crippen LogP contribution in [-0.2, 0) is 6.54 Å². The molecular formula is C21H23N3OS. The summed E-state index contributed by atoms with van der Waals surface area (Å²) in [6.07, 6.45) is 0. The number of rotatable bonds is 6. The minimum absolute atomic E-state index is 0.876. The van der Waals surface area contributed by atoms with Crippen LogP contribution in [0, 0.1) is 0 Å². The molecule has 0 saturated heterocycles. The molecule has 0 atom stereocenters. The Bertz CT molecular complexity index is 1030. The Morgan fingerprint density at radius 3 is 2.46 bits per heavy atom. The van der Waals surface area contributed by atoms with Gasteiger partial charge >= 0.3 is 0 Å². The number of ether oxygens (including phenoxy) is 1. The van der Waals surface area contributed by atoms with Crippen LogP contribution in [0.4, 0.5) is 0 Å². The second-order valence-electron chi connectivity index (χ2n) is 6.28. The molecule has 2 heterocycles. The molecule has 0 aliphatic rings. The van der Waals surface area contributed by atoms with Gasteiger partial charge in [0.1, 0.15) is 5.75 Å². The summed E-state index contributed by atoms with van der Waals surface area (Å²) in [7, 11) is 1.70. The number of para-hydroxylation sites is 2. The Balaban J connectivity index is 1.94. The molecule has 134 valence electrons. The van der Waals surface area contributed by atoms with Gasteiger partial charge in [0.05, 0.1) is 23.8 Å². The molecule has 0 unspecified atom stereocenters. The Hall–Kier alpha value is -2.37. The number of methoxy groups -OCH3 is 1. The highest BCUT2D eigenvalue weighted by Gasteiger charge is 2.19. The summed E-state index contributed by atoms with van der Waals surface area (Å²) in [5.74, 6) is 0.876. The Morgan fingerprint density at radius 1 is 1.04 bits per heavy atom. The van der Waals surface area contributed by atoms with E-state index in [0.29, 0.717) is 0 Å². The van der Waals surface area contributed by atoms with Crippen molar-refractivity contribution in [2.75, 3.05) is 20.2 Å². The highest BCUT2D eigenvalue weighted by Crippen LogP contribution is 2.36. The molecule has 2 aromatic heterocycles. The first-order valence-electron chi connectivity index (χ1n) is 9.00. The standard InChI is InChI=1S/C21H23N3OS/c1-4-23(5-2)14-19-20(15-10-12-16(25-3)13-11-15)24-18-9-7-6-8-17(18)22-21(24)26-19/h6-13H,4-5,14H2,1-3H3. The molecule has 0 fully saturated rings. The fourth-order valence-electron chi connectivity index (χ4n) is 3.37. The van der Waals surface area contributed by atoms with Crippen molar-refractivity contribution in [3.63, 3.8) is 0 Å². The summed E-state index contributed by atoms with van der Waals surface area (Å²) in [5, 5.41) is 0. The zero-order valence-electron chi connectivity index (χ0n) is 15.4. The van der Waals surface area contributed by atoms with Crippen LogP contribution in [0.3, 0.4) is 0 Å². The van der Waals surface area contributed by atoms with Crippen molar-refractivity contribution in [1.82, 2.24) is 14.3 Å². The van der Waals surface area contributed by atoms with Gasteiger partial charge in [-0.05, 0) is 49.5 Å². The first kappa shape index (κ1) is 17.1. The van der Waals surface area contributed by atoms with Gasteiger partial charge in [-0.2, -0.15) is 0 Å². The zero-order chi connectivity index (χ0) is 18.1. The van der Waals surface area contributed by atoms with Crippen LogP contribution in [-0.4, -0.2) is 34.5 Å². The predicted molar refractivity (Wildman–Crippen MR) is 109 cm³/mol. The van der Waals surface area contributed by atoms with Crippen LogP contribution in [0.2, 0.25) is 0 Å². The molecule has 26 heavy (non-hydrogen) atoms. The average molecular weight is 366 g/mol. The molecule has 5 heteroatoms. The van der Waals surface area contributed by atoms with Gasteiger partial charge in [0.15, 0.2) is 4.96 Å². The van der Waals surface area contributed by atoms with Crippen molar-refractivity contribution in [2.45, 2.75) is 20.4 Å². The lowest BCUT2D eigenvalue weighted by Crippen LogP contribution is -2.21. The van der Waals surface area contributed by atoms with E-state index in [1.807, 2.05) is 18.2 Å². The monoisotopic (exact) mass is 365 g/mol.